The summed E-state index contributed by atoms with van der Waals surface area (Å²) in [6, 6.07) is -0.210. The summed E-state index contributed by atoms with van der Waals surface area (Å²) in [6.45, 7) is 1.49. The molecule has 0 aromatic carbocycles. The molecule has 2 N–H and O–H groups in total. The van der Waals surface area contributed by atoms with Crippen LogP contribution >= 0.6 is 0 Å². The fourth-order valence-corrected chi connectivity index (χ4v) is 1.91. The molecule has 1 aliphatic carbocycles. The number of aliphatic carboxylic acids is 1. The van der Waals surface area contributed by atoms with Gasteiger partial charge in [-0.1, -0.05) is 18.2 Å². The Bertz CT molecular complexity index is 418. The number of ketones is 1. The van der Waals surface area contributed by atoms with Gasteiger partial charge in [-0.25, -0.2) is 4.79 Å². The maximum absolute atomic E-state index is 11.3. The van der Waals surface area contributed by atoms with Crippen molar-refractivity contribution in [1.82, 2.24) is 5.32 Å². The fraction of sp³-hybridized carbons (Fsp3) is 0.273. The lowest BCUT2D eigenvalue weighted by Crippen LogP contribution is -2.35. The first-order valence-corrected chi connectivity index (χ1v) is 4.70. The van der Waals surface area contributed by atoms with E-state index in [1.165, 1.54) is 6.92 Å². The molecule has 0 aromatic rings. The van der Waals surface area contributed by atoms with E-state index < -0.39 is 5.97 Å². The number of hydrogen-bond acceptors (Lipinski definition) is 3. The number of allylic oxidation sites excluding steroid dienone is 2. The zero-order valence-electron chi connectivity index (χ0n) is 8.23. The van der Waals surface area contributed by atoms with Crippen molar-refractivity contribution in [2.24, 2.45) is 5.92 Å². The van der Waals surface area contributed by atoms with Crippen LogP contribution in [0.3, 0.4) is 0 Å². The average Bonchev–Trinajstić information content (AvgIpc) is 2.60. The summed E-state index contributed by atoms with van der Waals surface area (Å²) in [4.78, 5) is 22.1. The van der Waals surface area contributed by atoms with Crippen LogP contribution < -0.4 is 5.32 Å². The van der Waals surface area contributed by atoms with E-state index in [2.05, 4.69) is 5.32 Å². The second kappa shape index (κ2) is 3.38. The molecule has 2 unspecified atom stereocenters. The predicted octanol–water partition coefficient (Wildman–Crippen LogP) is 0.628. The normalized spacial score (nSPS) is 27.5. The van der Waals surface area contributed by atoms with Crippen LogP contribution in [-0.4, -0.2) is 22.9 Å². The van der Waals surface area contributed by atoms with E-state index in [0.717, 1.165) is 0 Å². The highest BCUT2D eigenvalue weighted by atomic mass is 16.4. The van der Waals surface area contributed by atoms with E-state index in [1.54, 1.807) is 18.2 Å². The van der Waals surface area contributed by atoms with E-state index in [4.69, 9.17) is 5.11 Å². The van der Waals surface area contributed by atoms with Crippen LogP contribution in [0, 0.1) is 5.92 Å². The SMILES string of the molecule is CC(=O)C1=CC=CC2C=C(C(=O)O)NC12. The number of Topliss-reactive ketones (excluding diaryl/α,β-unsaturated/α-hetero) is 1. The van der Waals surface area contributed by atoms with Crippen molar-refractivity contribution in [2.45, 2.75) is 13.0 Å². The van der Waals surface area contributed by atoms with Crippen LogP contribution in [0.25, 0.3) is 0 Å². The van der Waals surface area contributed by atoms with E-state index in [9.17, 15) is 9.59 Å². The number of carboxylic acids is 1. The topological polar surface area (TPSA) is 66.4 Å². The number of carbonyl (C=O) groups is 2. The van der Waals surface area contributed by atoms with Crippen molar-refractivity contribution >= 4 is 11.8 Å². The van der Waals surface area contributed by atoms with Gasteiger partial charge < -0.3 is 10.4 Å². The first-order chi connectivity index (χ1) is 7.09. The summed E-state index contributed by atoms with van der Waals surface area (Å²) in [5, 5.41) is 11.7. The molecule has 0 spiro atoms. The third kappa shape index (κ3) is 1.58. The van der Waals surface area contributed by atoms with Crippen molar-refractivity contribution in [2.75, 3.05) is 0 Å². The minimum Gasteiger partial charge on any atom is -0.477 e. The number of carbonyl (C=O) groups excluding carboxylic acids is 1. The summed E-state index contributed by atoms with van der Waals surface area (Å²) < 4.78 is 0. The molecular weight excluding hydrogens is 194 g/mol. The first-order valence-electron chi connectivity index (χ1n) is 4.70. The van der Waals surface area contributed by atoms with Crippen molar-refractivity contribution in [3.05, 3.63) is 35.6 Å². The molecule has 0 radical (unpaired) electrons. The Morgan fingerprint density at radius 3 is 2.80 bits per heavy atom. The van der Waals surface area contributed by atoms with Crippen LogP contribution in [0.4, 0.5) is 0 Å². The van der Waals surface area contributed by atoms with E-state index >= 15 is 0 Å². The molecule has 1 heterocycles. The highest BCUT2D eigenvalue weighted by Gasteiger charge is 2.33. The largest absolute Gasteiger partial charge is 0.477 e. The zero-order chi connectivity index (χ0) is 11.0. The minimum absolute atomic E-state index is 0.0260. The monoisotopic (exact) mass is 205 g/mol. The first kappa shape index (κ1) is 9.71. The molecule has 2 rings (SSSR count). The second-order valence-corrected chi connectivity index (χ2v) is 3.65. The number of fused-ring (bicyclic) bond motifs is 1. The van der Waals surface area contributed by atoms with Crippen molar-refractivity contribution in [3.8, 4) is 0 Å². The quantitative estimate of drug-likeness (QED) is 0.693. The molecule has 0 bridgehead atoms. The van der Waals surface area contributed by atoms with Gasteiger partial charge in [0.15, 0.2) is 5.78 Å². The molecule has 0 saturated heterocycles. The number of nitrogens with one attached hydrogen (secondary N) is 1. The summed E-state index contributed by atoms with van der Waals surface area (Å²) in [7, 11) is 0. The molecule has 0 fully saturated rings. The van der Waals surface area contributed by atoms with E-state index in [0.29, 0.717) is 5.57 Å². The third-order valence-corrected chi connectivity index (χ3v) is 2.64. The number of carboxylic acid groups (broad SMARTS) is 1. The van der Waals surface area contributed by atoms with Gasteiger partial charge in [-0.3, -0.25) is 4.79 Å². The Morgan fingerprint density at radius 1 is 1.47 bits per heavy atom. The Kier molecular flexibility index (Phi) is 2.19. The van der Waals surface area contributed by atoms with Gasteiger partial charge in [-0.15, -0.1) is 0 Å². The molecule has 2 aliphatic rings. The van der Waals surface area contributed by atoms with Gasteiger partial charge in [0, 0.05) is 11.5 Å². The Hall–Kier alpha value is -1.84. The molecule has 78 valence electrons. The Morgan fingerprint density at radius 2 is 2.20 bits per heavy atom. The molecule has 15 heavy (non-hydrogen) atoms. The summed E-state index contributed by atoms with van der Waals surface area (Å²) >= 11 is 0. The zero-order valence-corrected chi connectivity index (χ0v) is 8.23. The summed E-state index contributed by atoms with van der Waals surface area (Å²) in [5.74, 6) is -1.04. The minimum atomic E-state index is -0.985. The van der Waals surface area contributed by atoms with Crippen molar-refractivity contribution in [3.63, 3.8) is 0 Å². The molecule has 0 amide bonds. The van der Waals surface area contributed by atoms with Gasteiger partial charge in [-0.2, -0.15) is 0 Å². The van der Waals surface area contributed by atoms with Crippen molar-refractivity contribution in [1.29, 1.82) is 0 Å². The standard InChI is InChI=1S/C11H11NO3/c1-6(13)8-4-2-3-7-5-9(11(14)15)12-10(7)8/h2-5,7,10,12H,1H3,(H,14,15). The molecule has 4 heteroatoms. The maximum atomic E-state index is 11.3. The van der Waals surface area contributed by atoms with E-state index in [-0.39, 0.29) is 23.4 Å². The smallest absolute Gasteiger partial charge is 0.351 e. The fourth-order valence-electron chi connectivity index (χ4n) is 1.91. The average molecular weight is 205 g/mol. The van der Waals surface area contributed by atoms with Crippen molar-refractivity contribution < 1.29 is 14.7 Å². The molecule has 0 aromatic heterocycles. The molecular formula is C11H11NO3. The molecule has 2 atom stereocenters. The van der Waals surface area contributed by atoms with Crippen LogP contribution in [0.1, 0.15) is 6.92 Å². The maximum Gasteiger partial charge on any atom is 0.351 e. The van der Waals surface area contributed by atoms with Gasteiger partial charge >= 0.3 is 5.97 Å². The second-order valence-electron chi connectivity index (χ2n) is 3.65. The van der Waals surface area contributed by atoms with Gasteiger partial charge in [0.1, 0.15) is 5.70 Å². The molecule has 4 nitrogen and oxygen atoms in total. The van der Waals surface area contributed by atoms with E-state index in [1.807, 2.05) is 6.08 Å². The molecule has 1 aliphatic heterocycles. The lowest BCUT2D eigenvalue weighted by atomic mass is 9.89. The van der Waals surface area contributed by atoms with Crippen LogP contribution in [0.5, 0.6) is 0 Å². The van der Waals surface area contributed by atoms with Gasteiger partial charge in [-0.05, 0) is 13.0 Å². The van der Waals surface area contributed by atoms with Gasteiger partial charge in [0.25, 0.3) is 0 Å². The van der Waals surface area contributed by atoms with Crippen LogP contribution in [0.15, 0.2) is 35.6 Å². The lowest BCUT2D eigenvalue weighted by molar-refractivity contribution is -0.133. The highest BCUT2D eigenvalue weighted by Crippen LogP contribution is 2.27. The highest BCUT2D eigenvalue weighted by molar-refractivity contribution is 5.96. The Balaban J connectivity index is 2.28. The lowest BCUT2D eigenvalue weighted by Gasteiger charge is -2.21. The molecule has 0 saturated carbocycles. The predicted molar refractivity (Wildman–Crippen MR) is 54.0 cm³/mol. The number of rotatable bonds is 2. The third-order valence-electron chi connectivity index (χ3n) is 2.64. The van der Waals surface area contributed by atoms with Crippen LogP contribution in [-0.2, 0) is 9.59 Å². The number of hydrogen-bond donors (Lipinski definition) is 2. The summed E-state index contributed by atoms with van der Waals surface area (Å²) in [5.41, 5.74) is 0.804. The van der Waals surface area contributed by atoms with Gasteiger partial charge in [0.2, 0.25) is 0 Å². The Labute approximate surface area is 87.0 Å². The van der Waals surface area contributed by atoms with Gasteiger partial charge in [0.05, 0.1) is 6.04 Å². The van der Waals surface area contributed by atoms with Crippen LogP contribution in [0.2, 0.25) is 0 Å². The summed E-state index contributed by atoms with van der Waals surface area (Å²) in [6.07, 6.45) is 7.05.